The second-order valence-electron chi connectivity index (χ2n) is 1.21. The summed E-state index contributed by atoms with van der Waals surface area (Å²) in [6.07, 6.45) is 1.25. The van der Waals surface area contributed by atoms with Gasteiger partial charge in [0.25, 0.3) is 0 Å². The van der Waals surface area contributed by atoms with Gasteiger partial charge in [-0.3, -0.25) is 0 Å². The van der Waals surface area contributed by atoms with Crippen LogP contribution >= 0.6 is 0 Å². The normalized spacial score (nSPS) is 4.67. The average Bonchev–Trinajstić information content (AvgIpc) is 1.75. The van der Waals surface area contributed by atoms with Crippen LogP contribution in [0.4, 0.5) is 0 Å². The molecule has 0 aliphatic carbocycles. The van der Waals surface area contributed by atoms with Crippen molar-refractivity contribution in [2.75, 3.05) is 6.54 Å². The quantitative estimate of drug-likeness (QED) is 0.526. The van der Waals surface area contributed by atoms with Crippen LogP contribution in [0.5, 0.6) is 0 Å². The Kier molecular flexibility index (Phi) is 264. The van der Waals surface area contributed by atoms with E-state index in [9.17, 15) is 0 Å². The van der Waals surface area contributed by atoms with Gasteiger partial charge in [-0.25, -0.2) is 0 Å². The third-order valence-corrected chi connectivity index (χ3v) is 0. The maximum Gasteiger partial charge on any atom is 0.0711 e. The largest absolute Gasteiger partial charge is 0.358 e. The van der Waals surface area contributed by atoms with Gasteiger partial charge in [-0.05, 0) is 6.92 Å². The zero-order valence-electron chi connectivity index (χ0n) is 7.83. The predicted octanol–water partition coefficient (Wildman–Crippen LogP) is 1.85. The van der Waals surface area contributed by atoms with Gasteiger partial charge in [0.05, 0.1) is 6.54 Å². The smallest absolute Gasteiger partial charge is 0.0711 e. The minimum atomic E-state index is 0. The van der Waals surface area contributed by atoms with Gasteiger partial charge in [0.15, 0.2) is 0 Å². The Hall–Kier alpha value is -0.0800. The molecular formula is C7H25N2+. The van der Waals surface area contributed by atoms with E-state index >= 15 is 0 Å². The third kappa shape index (κ3) is 43400. The predicted molar refractivity (Wildman–Crippen MR) is 45.8 cm³/mol. The molecule has 0 fully saturated rings. The lowest BCUT2D eigenvalue weighted by Gasteiger charge is -1.49. The lowest BCUT2D eigenvalue weighted by molar-refractivity contribution is -0.361. The van der Waals surface area contributed by atoms with Crippen LogP contribution in [-0.4, -0.2) is 6.54 Å². The summed E-state index contributed by atoms with van der Waals surface area (Å²) in [5, 5.41) is 0. The number of rotatable bonds is 0. The van der Waals surface area contributed by atoms with Gasteiger partial charge in [-0.15, -0.1) is 0 Å². The molecule has 0 amide bonds. The van der Waals surface area contributed by atoms with E-state index in [1.54, 1.807) is 0 Å². The zero-order valence-corrected chi connectivity index (χ0v) is 7.83. The van der Waals surface area contributed by atoms with Crippen LogP contribution in [0.25, 0.3) is 0 Å². The maximum atomic E-state index is 3.49. The van der Waals surface area contributed by atoms with Crippen LogP contribution in [0, 0.1) is 0 Å². The van der Waals surface area contributed by atoms with E-state index in [0.29, 0.717) is 0 Å². The molecule has 6 N–H and O–H groups in total. The van der Waals surface area contributed by atoms with Gasteiger partial charge in [0.1, 0.15) is 0 Å². The summed E-state index contributed by atoms with van der Waals surface area (Å²) in [5.74, 6) is 0. The summed E-state index contributed by atoms with van der Waals surface area (Å²) in [5.41, 5.74) is 3.49. The molecule has 0 aliphatic rings. The van der Waals surface area contributed by atoms with Crippen LogP contribution in [-0.2, 0) is 0 Å². The highest BCUT2D eigenvalue weighted by atomic mass is 14.5. The van der Waals surface area contributed by atoms with Crippen molar-refractivity contribution in [1.29, 1.82) is 0 Å². The zero-order chi connectivity index (χ0) is 7.41. The van der Waals surface area contributed by atoms with E-state index < -0.39 is 0 Å². The molecule has 0 bridgehead atoms. The van der Waals surface area contributed by atoms with E-state index in [4.69, 9.17) is 0 Å². The standard InChI is InChI=1S/C3H8.C2H7N.C2H6.H3N/c1-3-2;1-2-3;1-2;/h3H2,1-2H3;2-3H2,1H3;1-2H3;1H3/p+1. The van der Waals surface area contributed by atoms with Crippen molar-refractivity contribution in [1.82, 2.24) is 6.15 Å². The first-order chi connectivity index (χ1) is 3.83. The van der Waals surface area contributed by atoms with Crippen molar-refractivity contribution in [3.8, 4) is 0 Å². The van der Waals surface area contributed by atoms with E-state index in [2.05, 4.69) is 19.6 Å². The molecule has 0 aromatic carbocycles. The Bertz CT molecular complexity index is 8.88. The van der Waals surface area contributed by atoms with Gasteiger partial charge in [-0.1, -0.05) is 34.1 Å². The SMILES string of the molecule is CC.CCC.CC[NH3+].N. The Morgan fingerprint density at radius 3 is 1.00 bits per heavy atom. The fourth-order valence-electron chi connectivity index (χ4n) is 0. The van der Waals surface area contributed by atoms with Gasteiger partial charge in [0.2, 0.25) is 0 Å². The van der Waals surface area contributed by atoms with Crippen molar-refractivity contribution >= 4 is 0 Å². The van der Waals surface area contributed by atoms with Crippen LogP contribution in [0.15, 0.2) is 0 Å². The Morgan fingerprint density at radius 2 is 1.00 bits per heavy atom. The van der Waals surface area contributed by atoms with Gasteiger partial charge < -0.3 is 11.9 Å². The fraction of sp³-hybridized carbons (Fsp3) is 1.00. The summed E-state index contributed by atoms with van der Waals surface area (Å²) < 4.78 is 0. The molecule has 0 unspecified atom stereocenters. The summed E-state index contributed by atoms with van der Waals surface area (Å²) in [6.45, 7) is 11.3. The highest BCUT2D eigenvalue weighted by molar-refractivity contribution is 3.92. The van der Waals surface area contributed by atoms with Crippen molar-refractivity contribution in [3.63, 3.8) is 0 Å². The highest BCUT2D eigenvalue weighted by Crippen LogP contribution is 1.56. The van der Waals surface area contributed by atoms with Crippen molar-refractivity contribution < 1.29 is 5.73 Å². The monoisotopic (exact) mass is 137 g/mol. The lowest BCUT2D eigenvalue weighted by Crippen LogP contribution is -2.48. The molecule has 0 aliphatic heterocycles. The van der Waals surface area contributed by atoms with Crippen LogP contribution in [0.1, 0.15) is 41.0 Å². The van der Waals surface area contributed by atoms with Crippen molar-refractivity contribution in [2.45, 2.75) is 41.0 Å². The first-order valence-corrected chi connectivity index (χ1v) is 3.62. The average molecular weight is 137 g/mol. The molecule has 2 heteroatoms. The minimum Gasteiger partial charge on any atom is -0.358 e. The molecule has 0 atom stereocenters. The van der Waals surface area contributed by atoms with Gasteiger partial charge in [0, 0.05) is 0 Å². The molecule has 0 saturated heterocycles. The molecule has 0 aromatic heterocycles. The first kappa shape index (κ1) is 23.1. The number of hydrogen-bond donors (Lipinski definition) is 2. The Balaban J connectivity index is -0.0000000202. The van der Waals surface area contributed by atoms with E-state index in [1.165, 1.54) is 6.42 Å². The van der Waals surface area contributed by atoms with Crippen LogP contribution < -0.4 is 11.9 Å². The van der Waals surface area contributed by atoms with Crippen molar-refractivity contribution in [3.05, 3.63) is 0 Å². The van der Waals surface area contributed by atoms with Gasteiger partial charge in [-0.2, -0.15) is 0 Å². The van der Waals surface area contributed by atoms with Crippen LogP contribution in [0.3, 0.4) is 0 Å². The summed E-state index contributed by atoms with van der Waals surface area (Å²) in [4.78, 5) is 0. The van der Waals surface area contributed by atoms with Crippen LogP contribution in [0.2, 0.25) is 0 Å². The second-order valence-corrected chi connectivity index (χ2v) is 1.21. The number of quaternary nitrogens is 1. The molecule has 0 heterocycles. The Labute approximate surface area is 60.4 Å². The topological polar surface area (TPSA) is 62.6 Å². The molecule has 0 spiro atoms. The highest BCUT2D eigenvalue weighted by Gasteiger charge is 1.37. The van der Waals surface area contributed by atoms with E-state index in [-0.39, 0.29) is 6.15 Å². The first-order valence-electron chi connectivity index (χ1n) is 3.62. The summed E-state index contributed by atoms with van der Waals surface area (Å²) >= 11 is 0. The Morgan fingerprint density at radius 1 is 1.00 bits per heavy atom. The maximum absolute atomic E-state index is 3.49. The van der Waals surface area contributed by atoms with E-state index in [0.717, 1.165) is 6.54 Å². The molecule has 0 saturated carbocycles. The fourth-order valence-corrected chi connectivity index (χ4v) is 0. The third-order valence-electron chi connectivity index (χ3n) is 0. The minimum absolute atomic E-state index is 0. The number of hydrogen-bond acceptors (Lipinski definition) is 1. The lowest BCUT2D eigenvalue weighted by atomic mass is 10.6. The molecule has 0 radical (unpaired) electrons. The van der Waals surface area contributed by atoms with Crippen molar-refractivity contribution in [2.24, 2.45) is 0 Å². The second kappa shape index (κ2) is 103. The molecular weight excluding hydrogens is 112 g/mol. The molecule has 9 heavy (non-hydrogen) atoms. The molecule has 0 aromatic rings. The van der Waals surface area contributed by atoms with E-state index in [1.807, 2.05) is 20.8 Å². The molecule has 0 rings (SSSR count). The van der Waals surface area contributed by atoms with Gasteiger partial charge >= 0.3 is 0 Å². The summed E-state index contributed by atoms with van der Waals surface area (Å²) in [6, 6.07) is 0. The molecule has 2 nitrogen and oxygen atoms in total. The molecule has 62 valence electrons. The summed E-state index contributed by atoms with van der Waals surface area (Å²) in [7, 11) is 0.